The number of nitrogens with zero attached hydrogens (tertiary/aromatic N) is 2. The Morgan fingerprint density at radius 2 is 2.13 bits per heavy atom. The van der Waals surface area contributed by atoms with Gasteiger partial charge in [0.1, 0.15) is 0 Å². The molecule has 3 N–H and O–H groups in total. The van der Waals surface area contributed by atoms with Gasteiger partial charge < -0.3 is 20.7 Å². The fourth-order valence-corrected chi connectivity index (χ4v) is 2.74. The minimum atomic E-state index is -0.238. The van der Waals surface area contributed by atoms with Gasteiger partial charge in [0.25, 0.3) is 0 Å². The number of carbonyl (C=O) groups excluding carboxylic acids is 2. The number of rotatable bonds is 7. The topological polar surface area (TPSA) is 97.0 Å². The third kappa shape index (κ3) is 8.97. The van der Waals surface area contributed by atoms with Gasteiger partial charge in [-0.05, 0) is 31.6 Å². The third-order valence-electron chi connectivity index (χ3n) is 3.84. The SMILES string of the molecule is CN=C(NCCCCC(=O)OC)N1CCCC(CC(N)=O)C1.I. The first-order chi connectivity index (χ1) is 10.6. The molecule has 7 nitrogen and oxygen atoms in total. The number of amides is 1. The van der Waals surface area contributed by atoms with Crippen molar-refractivity contribution in [2.75, 3.05) is 33.8 Å². The highest BCUT2D eigenvalue weighted by Crippen LogP contribution is 2.19. The number of ether oxygens (including phenoxy) is 1. The van der Waals surface area contributed by atoms with Crippen LogP contribution in [0.1, 0.15) is 38.5 Å². The number of aliphatic imine (C=N–C) groups is 1. The van der Waals surface area contributed by atoms with Crippen LogP contribution < -0.4 is 11.1 Å². The van der Waals surface area contributed by atoms with E-state index in [-0.39, 0.29) is 35.9 Å². The van der Waals surface area contributed by atoms with Crippen molar-refractivity contribution in [3.63, 3.8) is 0 Å². The predicted molar refractivity (Wildman–Crippen MR) is 101 cm³/mol. The molecule has 0 radical (unpaired) electrons. The molecule has 1 saturated heterocycles. The van der Waals surface area contributed by atoms with Crippen LogP contribution in [0.5, 0.6) is 0 Å². The van der Waals surface area contributed by atoms with Crippen LogP contribution in [-0.2, 0) is 14.3 Å². The Balaban J connectivity index is 0.00000484. The van der Waals surface area contributed by atoms with E-state index in [4.69, 9.17) is 5.73 Å². The highest BCUT2D eigenvalue weighted by Gasteiger charge is 2.23. The summed E-state index contributed by atoms with van der Waals surface area (Å²) >= 11 is 0. The number of halogens is 1. The maximum atomic E-state index is 11.1. The second kappa shape index (κ2) is 12.4. The number of carbonyl (C=O) groups is 2. The van der Waals surface area contributed by atoms with Crippen LogP contribution >= 0.6 is 24.0 Å². The summed E-state index contributed by atoms with van der Waals surface area (Å²) in [6.45, 7) is 2.52. The lowest BCUT2D eigenvalue weighted by atomic mass is 9.95. The van der Waals surface area contributed by atoms with Crippen LogP contribution in [0.2, 0.25) is 0 Å². The van der Waals surface area contributed by atoms with Crippen molar-refractivity contribution in [2.24, 2.45) is 16.6 Å². The summed E-state index contributed by atoms with van der Waals surface area (Å²) in [6.07, 6.45) is 4.64. The van der Waals surface area contributed by atoms with Gasteiger partial charge in [0.05, 0.1) is 7.11 Å². The summed E-state index contributed by atoms with van der Waals surface area (Å²) < 4.78 is 4.61. The van der Waals surface area contributed by atoms with Gasteiger partial charge in [-0.1, -0.05) is 0 Å². The maximum absolute atomic E-state index is 11.1. The molecule has 0 aromatic heterocycles. The van der Waals surface area contributed by atoms with Crippen molar-refractivity contribution in [1.29, 1.82) is 0 Å². The third-order valence-corrected chi connectivity index (χ3v) is 3.84. The zero-order chi connectivity index (χ0) is 16.4. The number of hydrogen-bond donors (Lipinski definition) is 2. The van der Waals surface area contributed by atoms with Crippen LogP contribution in [0.4, 0.5) is 0 Å². The number of primary amides is 1. The molecule has 0 aromatic rings. The minimum absolute atomic E-state index is 0. The monoisotopic (exact) mass is 440 g/mol. The number of hydrogen-bond acceptors (Lipinski definition) is 4. The van der Waals surface area contributed by atoms with E-state index in [1.807, 2.05) is 0 Å². The Bertz CT molecular complexity index is 404. The van der Waals surface area contributed by atoms with Crippen LogP contribution in [0.15, 0.2) is 4.99 Å². The lowest BCUT2D eigenvalue weighted by Gasteiger charge is -2.34. The number of likely N-dealkylation sites (tertiary alicyclic amines) is 1. The number of unbranched alkanes of at least 4 members (excludes halogenated alkanes) is 1. The van der Waals surface area contributed by atoms with E-state index in [0.717, 1.165) is 51.3 Å². The van der Waals surface area contributed by atoms with E-state index in [1.165, 1.54) is 7.11 Å². The van der Waals surface area contributed by atoms with E-state index < -0.39 is 0 Å². The van der Waals surface area contributed by atoms with E-state index in [9.17, 15) is 9.59 Å². The van der Waals surface area contributed by atoms with Crippen molar-refractivity contribution >= 4 is 41.8 Å². The summed E-state index contributed by atoms with van der Waals surface area (Å²) in [6, 6.07) is 0. The summed E-state index contributed by atoms with van der Waals surface area (Å²) in [4.78, 5) is 28.6. The van der Waals surface area contributed by atoms with Crippen LogP contribution in [-0.4, -0.2) is 56.5 Å². The van der Waals surface area contributed by atoms with Crippen molar-refractivity contribution in [2.45, 2.75) is 38.5 Å². The Labute approximate surface area is 155 Å². The summed E-state index contributed by atoms with van der Waals surface area (Å²) in [5.74, 6) is 0.753. The van der Waals surface area contributed by atoms with Crippen molar-refractivity contribution in [3.05, 3.63) is 0 Å². The Hall–Kier alpha value is -1.06. The van der Waals surface area contributed by atoms with E-state index in [2.05, 4.69) is 19.9 Å². The molecule has 1 aliphatic rings. The molecule has 0 saturated carbocycles. The molecule has 8 heteroatoms. The molecule has 1 fully saturated rings. The maximum Gasteiger partial charge on any atom is 0.305 e. The number of methoxy groups -OCH3 is 1. The minimum Gasteiger partial charge on any atom is -0.469 e. The molecule has 0 spiro atoms. The lowest BCUT2D eigenvalue weighted by molar-refractivity contribution is -0.140. The molecule has 1 heterocycles. The fraction of sp³-hybridized carbons (Fsp3) is 0.800. The molecule has 1 unspecified atom stereocenters. The van der Waals surface area contributed by atoms with Gasteiger partial charge in [-0.3, -0.25) is 14.6 Å². The van der Waals surface area contributed by atoms with Crippen LogP contribution in [0.3, 0.4) is 0 Å². The second-order valence-electron chi connectivity index (χ2n) is 5.63. The fourth-order valence-electron chi connectivity index (χ4n) is 2.74. The number of nitrogens with one attached hydrogen (secondary N) is 1. The first-order valence-electron chi connectivity index (χ1n) is 7.87. The average Bonchev–Trinajstić information content (AvgIpc) is 2.50. The normalized spacial score (nSPS) is 18.1. The molecule has 0 aromatic carbocycles. The molecule has 1 aliphatic heterocycles. The number of guanidine groups is 1. The molecule has 134 valence electrons. The van der Waals surface area contributed by atoms with Gasteiger partial charge >= 0.3 is 5.97 Å². The zero-order valence-electron chi connectivity index (χ0n) is 14.0. The highest BCUT2D eigenvalue weighted by atomic mass is 127. The lowest BCUT2D eigenvalue weighted by Crippen LogP contribution is -2.47. The number of nitrogens with two attached hydrogens (primary N) is 1. The van der Waals surface area contributed by atoms with Crippen LogP contribution in [0.25, 0.3) is 0 Å². The predicted octanol–water partition coefficient (Wildman–Crippen LogP) is 1.11. The van der Waals surface area contributed by atoms with Gasteiger partial charge in [0.15, 0.2) is 5.96 Å². The van der Waals surface area contributed by atoms with E-state index in [0.29, 0.717) is 18.8 Å². The number of esters is 1. The van der Waals surface area contributed by atoms with Crippen molar-refractivity contribution in [1.82, 2.24) is 10.2 Å². The molecular formula is C15H29IN4O3. The molecule has 0 bridgehead atoms. The zero-order valence-corrected chi connectivity index (χ0v) is 16.4. The average molecular weight is 440 g/mol. The standard InChI is InChI=1S/C15H28N4O3.HI/c1-17-15(18-8-4-3-7-14(21)22-2)19-9-5-6-12(11-19)10-13(16)20;/h12H,3-11H2,1-2H3,(H2,16,20)(H,17,18);1H. The Morgan fingerprint density at radius 1 is 1.39 bits per heavy atom. The molecular weight excluding hydrogens is 411 g/mol. The largest absolute Gasteiger partial charge is 0.469 e. The van der Waals surface area contributed by atoms with Crippen molar-refractivity contribution < 1.29 is 14.3 Å². The van der Waals surface area contributed by atoms with Crippen LogP contribution in [0, 0.1) is 5.92 Å². The molecule has 1 rings (SSSR count). The summed E-state index contributed by atoms with van der Waals surface area (Å²) in [7, 11) is 3.16. The van der Waals surface area contributed by atoms with Gasteiger partial charge in [-0.2, -0.15) is 0 Å². The molecule has 23 heavy (non-hydrogen) atoms. The summed E-state index contributed by atoms with van der Waals surface area (Å²) in [5, 5.41) is 3.31. The van der Waals surface area contributed by atoms with Gasteiger partial charge in [-0.15, -0.1) is 24.0 Å². The molecule has 1 atom stereocenters. The van der Waals surface area contributed by atoms with Crippen molar-refractivity contribution in [3.8, 4) is 0 Å². The first kappa shape index (κ1) is 21.9. The Morgan fingerprint density at radius 3 is 2.74 bits per heavy atom. The second-order valence-corrected chi connectivity index (χ2v) is 5.63. The van der Waals surface area contributed by atoms with E-state index >= 15 is 0 Å². The molecule has 0 aliphatic carbocycles. The molecule has 1 amide bonds. The van der Waals surface area contributed by atoms with Gasteiger partial charge in [0.2, 0.25) is 5.91 Å². The Kier molecular flexibility index (Phi) is 11.8. The summed E-state index contributed by atoms with van der Waals surface area (Å²) in [5.41, 5.74) is 5.29. The van der Waals surface area contributed by atoms with Gasteiger partial charge in [0, 0.05) is 39.5 Å². The van der Waals surface area contributed by atoms with E-state index in [1.54, 1.807) is 7.05 Å². The van der Waals surface area contributed by atoms with Gasteiger partial charge in [-0.25, -0.2) is 0 Å². The smallest absolute Gasteiger partial charge is 0.305 e. The first-order valence-corrected chi connectivity index (χ1v) is 7.87. The highest BCUT2D eigenvalue weighted by molar-refractivity contribution is 14.0. The number of piperidine rings is 1. The quantitative estimate of drug-likeness (QED) is 0.203.